The number of H-pyrrole nitrogens is 1. The zero-order valence-electron chi connectivity index (χ0n) is 13.6. The third kappa shape index (κ3) is 3.71. The Balaban J connectivity index is 1.72. The Bertz CT molecular complexity index is 900. The molecule has 0 aliphatic heterocycles. The lowest BCUT2D eigenvalue weighted by molar-refractivity contribution is 0.0940. The zero-order valence-corrected chi connectivity index (χ0v) is 13.6. The van der Waals surface area contributed by atoms with Crippen molar-refractivity contribution >= 4 is 16.8 Å². The summed E-state index contributed by atoms with van der Waals surface area (Å²) in [5.41, 5.74) is 2.07. The van der Waals surface area contributed by atoms with E-state index in [0.717, 1.165) is 18.2 Å². The number of rotatable bonds is 5. The van der Waals surface area contributed by atoms with Crippen LogP contribution in [0.2, 0.25) is 0 Å². The summed E-state index contributed by atoms with van der Waals surface area (Å²) in [5.74, 6) is -0.210. The van der Waals surface area contributed by atoms with Crippen LogP contribution in [0.5, 0.6) is 0 Å². The largest absolute Gasteiger partial charge is 0.350 e. The Kier molecular flexibility index (Phi) is 4.75. The summed E-state index contributed by atoms with van der Waals surface area (Å²) in [4.78, 5) is 27.1. The number of aromatic nitrogens is 1. The fraction of sp³-hybridized carbons (Fsp3) is 0.200. The smallest absolute Gasteiger partial charge is 0.252 e. The van der Waals surface area contributed by atoms with Gasteiger partial charge >= 0.3 is 0 Å². The molecule has 0 spiro atoms. The van der Waals surface area contributed by atoms with E-state index >= 15 is 0 Å². The first-order valence-electron chi connectivity index (χ1n) is 8.10. The molecule has 0 unspecified atom stereocenters. The lowest BCUT2D eigenvalue weighted by Crippen LogP contribution is -2.33. The Hall–Kier alpha value is -2.88. The van der Waals surface area contributed by atoms with Crippen LogP contribution < -0.4 is 10.9 Å². The Morgan fingerprint density at radius 2 is 1.79 bits per heavy atom. The number of para-hydroxylation sites is 1. The minimum absolute atomic E-state index is 0.0238. The van der Waals surface area contributed by atoms with E-state index < -0.39 is 0 Å². The van der Waals surface area contributed by atoms with E-state index in [2.05, 4.69) is 22.4 Å². The highest BCUT2D eigenvalue weighted by Gasteiger charge is 2.14. The number of hydrogen-bond donors (Lipinski definition) is 2. The maximum absolute atomic E-state index is 12.6. The van der Waals surface area contributed by atoms with Gasteiger partial charge in [-0.3, -0.25) is 9.59 Å². The van der Waals surface area contributed by atoms with Gasteiger partial charge in [-0.25, -0.2) is 0 Å². The monoisotopic (exact) mass is 320 g/mol. The zero-order chi connectivity index (χ0) is 16.9. The van der Waals surface area contributed by atoms with Crippen molar-refractivity contribution < 1.29 is 4.79 Å². The molecule has 0 saturated carbocycles. The van der Waals surface area contributed by atoms with E-state index in [9.17, 15) is 9.59 Å². The molecule has 0 aliphatic carbocycles. The van der Waals surface area contributed by atoms with Gasteiger partial charge in [0.15, 0.2) is 0 Å². The molecule has 2 N–H and O–H groups in total. The molecule has 122 valence electrons. The van der Waals surface area contributed by atoms with Crippen LogP contribution in [0.1, 0.15) is 29.3 Å². The van der Waals surface area contributed by atoms with E-state index in [1.165, 1.54) is 11.6 Å². The van der Waals surface area contributed by atoms with Crippen LogP contribution in [0.15, 0.2) is 65.5 Å². The Morgan fingerprint density at radius 1 is 1.08 bits per heavy atom. The highest BCUT2D eigenvalue weighted by molar-refractivity contribution is 6.06. The molecule has 3 aromatic rings. The van der Waals surface area contributed by atoms with Crippen LogP contribution in [0.3, 0.4) is 0 Å². The molecule has 4 heteroatoms. The number of amides is 1. The summed E-state index contributed by atoms with van der Waals surface area (Å²) in [6.07, 6.45) is 1.75. The summed E-state index contributed by atoms with van der Waals surface area (Å²) in [6, 6.07) is 18.9. The Labute approximate surface area is 140 Å². The molecular formula is C20H20N2O2. The van der Waals surface area contributed by atoms with Gasteiger partial charge in [0.2, 0.25) is 5.56 Å². The van der Waals surface area contributed by atoms with Gasteiger partial charge in [0.05, 0.1) is 5.56 Å². The van der Waals surface area contributed by atoms with Crippen molar-refractivity contribution in [1.82, 2.24) is 10.3 Å². The van der Waals surface area contributed by atoms with Crippen LogP contribution in [-0.2, 0) is 6.42 Å². The first kappa shape index (κ1) is 16.0. The first-order chi connectivity index (χ1) is 11.6. The van der Waals surface area contributed by atoms with Crippen LogP contribution in [0.25, 0.3) is 10.9 Å². The van der Waals surface area contributed by atoms with Gasteiger partial charge in [0.25, 0.3) is 5.91 Å². The molecule has 0 fully saturated rings. The van der Waals surface area contributed by atoms with Crippen molar-refractivity contribution in [2.75, 3.05) is 0 Å². The standard InChI is InChI=1S/C20H20N2O2/c1-14(11-12-15-7-3-2-4-8-15)21-20(24)17-13-19(23)22-18-10-6-5-9-16(17)18/h2-10,13-14H,11-12H2,1H3,(H,21,24)(H,22,23)/t14-/m0/s1. The lowest BCUT2D eigenvalue weighted by atomic mass is 10.0. The molecule has 0 bridgehead atoms. The first-order valence-corrected chi connectivity index (χ1v) is 8.10. The van der Waals surface area contributed by atoms with Crippen LogP contribution in [-0.4, -0.2) is 16.9 Å². The van der Waals surface area contributed by atoms with Gasteiger partial charge < -0.3 is 10.3 Å². The minimum atomic E-state index is -0.268. The van der Waals surface area contributed by atoms with Crippen molar-refractivity contribution in [1.29, 1.82) is 0 Å². The maximum Gasteiger partial charge on any atom is 0.252 e. The summed E-state index contributed by atoms with van der Waals surface area (Å²) in [7, 11) is 0. The maximum atomic E-state index is 12.6. The number of carbonyl (C=O) groups is 1. The van der Waals surface area contributed by atoms with Crippen LogP contribution in [0.4, 0.5) is 0 Å². The SMILES string of the molecule is C[C@@H](CCc1ccccc1)NC(=O)c1cc(=O)[nH]c2ccccc12. The van der Waals surface area contributed by atoms with Crippen LogP contribution in [0, 0.1) is 0 Å². The molecule has 3 rings (SSSR count). The molecule has 24 heavy (non-hydrogen) atoms. The number of aryl methyl sites for hydroxylation is 1. The van der Waals surface area contributed by atoms with E-state index in [1.54, 1.807) is 6.07 Å². The second-order valence-electron chi connectivity index (χ2n) is 5.99. The van der Waals surface area contributed by atoms with Crippen molar-refractivity contribution in [2.45, 2.75) is 25.8 Å². The van der Waals surface area contributed by atoms with Gasteiger partial charge in [0.1, 0.15) is 0 Å². The number of hydrogen-bond acceptors (Lipinski definition) is 2. The van der Waals surface area contributed by atoms with Gasteiger partial charge in [-0.2, -0.15) is 0 Å². The van der Waals surface area contributed by atoms with Crippen molar-refractivity contribution in [3.63, 3.8) is 0 Å². The predicted octanol–water partition coefficient (Wildman–Crippen LogP) is 3.28. The van der Waals surface area contributed by atoms with E-state index in [4.69, 9.17) is 0 Å². The quantitative estimate of drug-likeness (QED) is 0.758. The highest BCUT2D eigenvalue weighted by atomic mass is 16.2. The third-order valence-corrected chi connectivity index (χ3v) is 4.08. The third-order valence-electron chi connectivity index (χ3n) is 4.08. The average molecular weight is 320 g/mol. The number of carbonyl (C=O) groups excluding carboxylic acids is 1. The molecule has 1 aromatic heterocycles. The molecule has 0 saturated heterocycles. The van der Waals surface area contributed by atoms with Crippen LogP contribution >= 0.6 is 0 Å². The minimum Gasteiger partial charge on any atom is -0.350 e. The topological polar surface area (TPSA) is 62.0 Å². The van der Waals surface area contributed by atoms with Crippen molar-refractivity contribution in [3.05, 3.63) is 82.1 Å². The molecule has 0 aliphatic rings. The normalized spacial score (nSPS) is 12.0. The van der Waals surface area contributed by atoms with Gasteiger partial charge in [-0.1, -0.05) is 48.5 Å². The average Bonchev–Trinajstić information content (AvgIpc) is 2.60. The van der Waals surface area contributed by atoms with Gasteiger partial charge in [0, 0.05) is 23.0 Å². The van der Waals surface area contributed by atoms with E-state index in [1.807, 2.05) is 43.3 Å². The molecule has 4 nitrogen and oxygen atoms in total. The van der Waals surface area contributed by atoms with E-state index in [-0.39, 0.29) is 17.5 Å². The molecule has 0 radical (unpaired) electrons. The summed E-state index contributed by atoms with van der Waals surface area (Å²) < 4.78 is 0. The number of fused-ring (bicyclic) bond motifs is 1. The van der Waals surface area contributed by atoms with Crippen molar-refractivity contribution in [3.8, 4) is 0 Å². The predicted molar refractivity (Wildman–Crippen MR) is 96.3 cm³/mol. The Morgan fingerprint density at radius 3 is 2.58 bits per heavy atom. The molecular weight excluding hydrogens is 300 g/mol. The summed E-state index contributed by atoms with van der Waals surface area (Å²) >= 11 is 0. The fourth-order valence-electron chi connectivity index (χ4n) is 2.79. The second-order valence-corrected chi connectivity index (χ2v) is 5.99. The second kappa shape index (κ2) is 7.13. The van der Waals surface area contributed by atoms with E-state index in [0.29, 0.717) is 11.1 Å². The summed E-state index contributed by atoms with van der Waals surface area (Å²) in [6.45, 7) is 1.98. The number of aromatic amines is 1. The molecule has 1 amide bonds. The van der Waals surface area contributed by atoms with Gasteiger partial charge in [-0.15, -0.1) is 0 Å². The van der Waals surface area contributed by atoms with Crippen molar-refractivity contribution in [2.24, 2.45) is 0 Å². The molecule has 1 heterocycles. The molecule has 2 aromatic carbocycles. The number of pyridine rings is 1. The highest BCUT2D eigenvalue weighted by Crippen LogP contribution is 2.15. The number of nitrogens with one attached hydrogen (secondary N) is 2. The molecule has 1 atom stereocenters. The lowest BCUT2D eigenvalue weighted by Gasteiger charge is -2.15. The summed E-state index contributed by atoms with van der Waals surface area (Å²) in [5, 5.41) is 3.75. The fourth-order valence-corrected chi connectivity index (χ4v) is 2.79. The van der Waals surface area contributed by atoms with Gasteiger partial charge in [-0.05, 0) is 31.4 Å². The number of benzene rings is 2.